The van der Waals surface area contributed by atoms with Gasteiger partial charge in [0, 0.05) is 42.1 Å². The van der Waals surface area contributed by atoms with Crippen molar-refractivity contribution in [3.63, 3.8) is 0 Å². The molecule has 0 aromatic carbocycles. The molecule has 0 heterocycles. The van der Waals surface area contributed by atoms with Crippen LogP contribution in [0.2, 0.25) is 0 Å². The fourth-order valence-corrected chi connectivity index (χ4v) is 8.71. The maximum atomic E-state index is 14.1. The lowest BCUT2D eigenvalue weighted by atomic mass is 9.42. The van der Waals surface area contributed by atoms with E-state index in [2.05, 4.69) is 0 Å². The van der Waals surface area contributed by atoms with E-state index in [0.29, 0.717) is 36.0 Å². The fourth-order valence-electron chi connectivity index (χ4n) is 8.71. The number of hydrogen-bond donors (Lipinski definition) is 1. The third kappa shape index (κ3) is 3.75. The normalized spacial score (nSPS) is 39.3. The summed E-state index contributed by atoms with van der Waals surface area (Å²) in [7, 11) is 1.29. The minimum absolute atomic E-state index is 0.000143. The zero-order chi connectivity index (χ0) is 28.6. The van der Waals surface area contributed by atoms with Gasteiger partial charge in [0.05, 0.1) is 24.5 Å². The summed E-state index contributed by atoms with van der Waals surface area (Å²) in [5.41, 5.74) is -1.29. The van der Waals surface area contributed by atoms with Crippen molar-refractivity contribution >= 4 is 29.1 Å². The Bertz CT molecular complexity index is 1190. The molecule has 0 radical (unpaired) electrons. The number of carbonyl (C=O) groups excluding carboxylic acids is 5. The molecule has 4 aliphatic carbocycles. The van der Waals surface area contributed by atoms with Crippen LogP contribution in [0, 0.1) is 39.4 Å². The van der Waals surface area contributed by atoms with Crippen molar-refractivity contribution in [3.05, 3.63) is 22.8 Å². The third-order valence-electron chi connectivity index (χ3n) is 11.1. The molecule has 1 N–H and O–H groups in total. The molecule has 0 unspecified atom stereocenters. The average molecular weight is 527 g/mol. The van der Waals surface area contributed by atoms with Gasteiger partial charge in [-0.2, -0.15) is 0 Å². The van der Waals surface area contributed by atoms with Gasteiger partial charge < -0.3 is 9.84 Å². The van der Waals surface area contributed by atoms with Crippen molar-refractivity contribution in [2.45, 2.75) is 93.1 Å². The maximum absolute atomic E-state index is 14.1. The van der Waals surface area contributed by atoms with Crippen molar-refractivity contribution in [2.24, 2.45) is 39.4 Å². The highest BCUT2D eigenvalue weighted by Crippen LogP contribution is 2.70. The predicted molar refractivity (Wildman–Crippen MR) is 141 cm³/mol. The van der Waals surface area contributed by atoms with Gasteiger partial charge in [-0.25, -0.2) is 0 Å². The Morgan fingerprint density at radius 3 is 2.34 bits per heavy atom. The zero-order valence-corrected chi connectivity index (χ0v) is 24.0. The van der Waals surface area contributed by atoms with Crippen LogP contribution in [0.1, 0.15) is 87.0 Å². The number of methoxy groups -OCH3 is 1. The molecule has 7 atom stereocenters. The van der Waals surface area contributed by atoms with Gasteiger partial charge in [-0.05, 0) is 55.6 Å². The highest BCUT2D eigenvalue weighted by Gasteiger charge is 2.70. The second-order valence-electron chi connectivity index (χ2n) is 13.5. The molecule has 0 spiro atoms. The number of esters is 1. The van der Waals surface area contributed by atoms with Crippen LogP contribution in [0.3, 0.4) is 0 Å². The van der Waals surface area contributed by atoms with Crippen molar-refractivity contribution < 1.29 is 33.8 Å². The molecule has 0 aliphatic heterocycles. The summed E-state index contributed by atoms with van der Waals surface area (Å²) in [6.07, 6.45) is 2.08. The Balaban J connectivity index is 1.78. The Hall–Kier alpha value is -2.41. The first kappa shape index (κ1) is 28.6. The van der Waals surface area contributed by atoms with E-state index >= 15 is 0 Å². The molecule has 38 heavy (non-hydrogen) atoms. The van der Waals surface area contributed by atoms with Crippen molar-refractivity contribution in [1.29, 1.82) is 0 Å². The van der Waals surface area contributed by atoms with Gasteiger partial charge in [-0.1, -0.05) is 40.2 Å². The van der Waals surface area contributed by atoms with Gasteiger partial charge in [0.1, 0.15) is 11.6 Å². The van der Waals surface area contributed by atoms with Gasteiger partial charge in [-0.3, -0.25) is 24.0 Å². The molecule has 4 aliphatic rings. The summed E-state index contributed by atoms with van der Waals surface area (Å²) in [5.74, 6) is -1.74. The first-order valence-corrected chi connectivity index (χ1v) is 13.8. The van der Waals surface area contributed by atoms with Crippen LogP contribution in [0.5, 0.6) is 0 Å². The molecule has 7 heteroatoms. The topological polar surface area (TPSA) is 115 Å². The van der Waals surface area contributed by atoms with Crippen molar-refractivity contribution in [2.75, 3.05) is 7.11 Å². The maximum Gasteiger partial charge on any atom is 0.308 e. The molecule has 0 aromatic rings. The molecule has 7 nitrogen and oxygen atoms in total. The second-order valence-corrected chi connectivity index (χ2v) is 13.5. The molecule has 2 saturated carbocycles. The molecule has 208 valence electrons. The monoisotopic (exact) mass is 526 g/mol. The molecule has 0 aromatic heterocycles. The van der Waals surface area contributed by atoms with Crippen LogP contribution in [-0.2, 0) is 28.7 Å². The summed E-state index contributed by atoms with van der Waals surface area (Å²) in [6.45, 7) is 13.1. The lowest BCUT2D eigenvalue weighted by Crippen LogP contribution is -2.59. The van der Waals surface area contributed by atoms with E-state index < -0.39 is 39.7 Å². The van der Waals surface area contributed by atoms with E-state index in [1.54, 1.807) is 6.92 Å². The van der Waals surface area contributed by atoms with Crippen LogP contribution in [-0.4, -0.2) is 47.4 Å². The van der Waals surface area contributed by atoms with Crippen LogP contribution < -0.4 is 0 Å². The van der Waals surface area contributed by atoms with E-state index in [9.17, 15) is 29.1 Å². The SMILES string of the molecule is COC(=O)[C@H](C)CC(=O)/C=C(\C)[C@H]1CC(=O)[C@@]2(C)C3=C(C(=O)C[C@]12C)[C@@]1(C)CCC(=O)C(C)(C)[C@@H]1C[C@@H]3O. The van der Waals surface area contributed by atoms with E-state index in [-0.39, 0.29) is 54.2 Å². The van der Waals surface area contributed by atoms with Crippen LogP contribution in [0.15, 0.2) is 22.8 Å². The summed E-state index contributed by atoms with van der Waals surface area (Å²) in [5, 5.41) is 11.6. The molecule has 0 saturated heterocycles. The number of ether oxygens (including phenoxy) is 1. The number of carbonyl (C=O) groups is 5. The lowest BCUT2D eigenvalue weighted by molar-refractivity contribution is -0.146. The van der Waals surface area contributed by atoms with Crippen LogP contribution >= 0.6 is 0 Å². The van der Waals surface area contributed by atoms with E-state index in [4.69, 9.17) is 4.74 Å². The molecule has 0 amide bonds. The number of aliphatic hydroxyl groups excluding tert-OH is 1. The molecule has 2 fully saturated rings. The van der Waals surface area contributed by atoms with Crippen molar-refractivity contribution in [3.8, 4) is 0 Å². The quantitative estimate of drug-likeness (QED) is 0.418. The molecule has 4 rings (SSSR count). The predicted octanol–water partition coefficient (Wildman–Crippen LogP) is 4.35. The summed E-state index contributed by atoms with van der Waals surface area (Å²) < 4.78 is 4.73. The number of allylic oxidation sites excluding steroid dienone is 3. The van der Waals surface area contributed by atoms with Crippen LogP contribution in [0.25, 0.3) is 0 Å². The minimum Gasteiger partial charge on any atom is -0.469 e. The first-order valence-electron chi connectivity index (χ1n) is 13.8. The Kier molecular flexibility index (Phi) is 6.83. The summed E-state index contributed by atoms with van der Waals surface area (Å²) in [6, 6.07) is 0. The first-order chi connectivity index (χ1) is 17.5. The standard InChI is InChI=1S/C31H42O7/c1-16(11-18(32)12-17(2)27(37)38-8)19-13-24(36)31(7)26-20(33)14-22-28(3,4)23(35)9-10-29(22,5)25(26)21(34)15-30(19,31)6/h11,17,19-20,22,33H,9-10,12-15H2,1-8H3/b16-11+/t17-,19-,20+,22+,29+,30-,31+/m1/s1. The Morgan fingerprint density at radius 1 is 1.11 bits per heavy atom. The zero-order valence-electron chi connectivity index (χ0n) is 24.0. The van der Waals surface area contributed by atoms with Crippen LogP contribution in [0.4, 0.5) is 0 Å². The largest absolute Gasteiger partial charge is 0.469 e. The third-order valence-corrected chi connectivity index (χ3v) is 11.1. The lowest BCUT2D eigenvalue weighted by Gasteiger charge is -2.60. The Morgan fingerprint density at radius 2 is 1.74 bits per heavy atom. The van der Waals surface area contributed by atoms with Gasteiger partial charge >= 0.3 is 5.97 Å². The number of Topliss-reactive ketones (excluding diaryl/α,β-unsaturated/α-hetero) is 3. The highest BCUT2D eigenvalue weighted by molar-refractivity contribution is 6.06. The van der Waals surface area contributed by atoms with E-state index in [1.807, 2.05) is 41.5 Å². The average Bonchev–Trinajstić information content (AvgIpc) is 3.03. The van der Waals surface area contributed by atoms with Gasteiger partial charge in [0.2, 0.25) is 0 Å². The fraction of sp³-hybridized carbons (Fsp3) is 0.710. The molecule has 0 bridgehead atoms. The number of hydrogen-bond acceptors (Lipinski definition) is 7. The van der Waals surface area contributed by atoms with Gasteiger partial charge in [0.15, 0.2) is 11.6 Å². The van der Waals surface area contributed by atoms with Gasteiger partial charge in [-0.15, -0.1) is 0 Å². The van der Waals surface area contributed by atoms with Crippen molar-refractivity contribution in [1.82, 2.24) is 0 Å². The van der Waals surface area contributed by atoms with Gasteiger partial charge in [0.25, 0.3) is 0 Å². The highest BCUT2D eigenvalue weighted by atomic mass is 16.5. The number of fused-ring (bicyclic) bond motifs is 4. The smallest absolute Gasteiger partial charge is 0.308 e. The number of ketones is 4. The summed E-state index contributed by atoms with van der Waals surface area (Å²) in [4.78, 5) is 65.4. The number of rotatable bonds is 5. The van der Waals surface area contributed by atoms with E-state index in [1.165, 1.54) is 13.2 Å². The molecular formula is C31H42O7. The number of aliphatic hydroxyl groups is 1. The van der Waals surface area contributed by atoms with E-state index in [0.717, 1.165) is 0 Å². The Labute approximate surface area is 225 Å². The minimum atomic E-state index is -1.06. The molecular weight excluding hydrogens is 484 g/mol. The summed E-state index contributed by atoms with van der Waals surface area (Å²) >= 11 is 0. The second kappa shape index (κ2) is 9.07.